The molecule has 0 saturated heterocycles. The van der Waals surface area contributed by atoms with E-state index in [1.54, 1.807) is 0 Å². The second-order valence-corrected chi connectivity index (χ2v) is 4.37. The molecule has 1 aliphatic heterocycles. The van der Waals surface area contributed by atoms with Crippen molar-refractivity contribution in [3.63, 3.8) is 0 Å². The maximum absolute atomic E-state index is 5.96. The van der Waals surface area contributed by atoms with E-state index in [1.807, 2.05) is 0 Å². The molecule has 0 amide bonds. The predicted molar refractivity (Wildman–Crippen MR) is 67.2 cm³/mol. The fourth-order valence-electron chi connectivity index (χ4n) is 2.01. The van der Waals surface area contributed by atoms with Crippen molar-refractivity contribution in [1.29, 1.82) is 0 Å². The topological polar surface area (TPSA) is 41.6 Å². The highest BCUT2D eigenvalue weighted by atomic mass is 15.3. The van der Waals surface area contributed by atoms with Crippen LogP contribution in [-0.2, 0) is 13.1 Å². The summed E-state index contributed by atoms with van der Waals surface area (Å²) in [5, 5.41) is 0. The first kappa shape index (κ1) is 11.0. The highest BCUT2D eigenvalue weighted by Gasteiger charge is 2.19. The van der Waals surface area contributed by atoms with Crippen LogP contribution in [0.1, 0.15) is 30.0 Å². The van der Waals surface area contributed by atoms with Gasteiger partial charge in [-0.15, -0.1) is 0 Å². The van der Waals surface area contributed by atoms with Crippen LogP contribution in [0.25, 0.3) is 0 Å². The van der Waals surface area contributed by atoms with E-state index in [4.69, 9.17) is 5.73 Å². The minimum Gasteiger partial charge on any atom is -0.370 e. The van der Waals surface area contributed by atoms with E-state index in [0.29, 0.717) is 5.96 Å². The van der Waals surface area contributed by atoms with Crippen molar-refractivity contribution in [2.24, 2.45) is 10.7 Å². The van der Waals surface area contributed by atoms with Crippen molar-refractivity contribution in [1.82, 2.24) is 4.90 Å². The Morgan fingerprint density at radius 2 is 2.12 bits per heavy atom. The normalized spacial score (nSPS) is 15.4. The van der Waals surface area contributed by atoms with Gasteiger partial charge in [-0.3, -0.25) is 4.99 Å². The third-order valence-corrected chi connectivity index (χ3v) is 2.91. The summed E-state index contributed by atoms with van der Waals surface area (Å²) >= 11 is 0. The van der Waals surface area contributed by atoms with Gasteiger partial charge in [0.1, 0.15) is 0 Å². The van der Waals surface area contributed by atoms with E-state index in [1.165, 1.54) is 16.7 Å². The average molecular weight is 217 g/mol. The molecule has 0 spiro atoms. The van der Waals surface area contributed by atoms with Gasteiger partial charge in [-0.25, -0.2) is 0 Å². The number of guanidine groups is 1. The summed E-state index contributed by atoms with van der Waals surface area (Å²) < 4.78 is 0. The number of rotatable bonds is 2. The SMILES string of the molecule is CCCN=C(N)N1Cc2ccc(C)cc2C1. The van der Waals surface area contributed by atoms with Gasteiger partial charge in [0.25, 0.3) is 0 Å². The number of nitrogens with zero attached hydrogens (tertiary/aromatic N) is 2. The Labute approximate surface area is 97.0 Å². The molecule has 1 aliphatic rings. The molecule has 2 rings (SSSR count). The smallest absolute Gasteiger partial charge is 0.191 e. The quantitative estimate of drug-likeness (QED) is 0.608. The van der Waals surface area contributed by atoms with Gasteiger partial charge in [-0.05, 0) is 24.5 Å². The molecule has 1 aromatic carbocycles. The lowest BCUT2D eigenvalue weighted by atomic mass is 10.1. The molecule has 3 nitrogen and oxygen atoms in total. The maximum Gasteiger partial charge on any atom is 0.191 e. The summed E-state index contributed by atoms with van der Waals surface area (Å²) in [5.41, 5.74) is 10.0. The van der Waals surface area contributed by atoms with Crippen LogP contribution in [0.4, 0.5) is 0 Å². The molecule has 1 heterocycles. The van der Waals surface area contributed by atoms with Crippen LogP contribution in [0, 0.1) is 6.92 Å². The molecule has 0 bridgehead atoms. The van der Waals surface area contributed by atoms with Crippen LogP contribution in [-0.4, -0.2) is 17.4 Å². The van der Waals surface area contributed by atoms with Crippen LogP contribution in [0.5, 0.6) is 0 Å². The van der Waals surface area contributed by atoms with Gasteiger partial charge in [0.2, 0.25) is 0 Å². The van der Waals surface area contributed by atoms with Gasteiger partial charge in [0, 0.05) is 19.6 Å². The maximum atomic E-state index is 5.96. The molecule has 0 aliphatic carbocycles. The Bertz CT molecular complexity index is 410. The lowest BCUT2D eigenvalue weighted by Crippen LogP contribution is -2.33. The number of benzene rings is 1. The molecular formula is C13H19N3. The van der Waals surface area contributed by atoms with Crippen molar-refractivity contribution < 1.29 is 0 Å². The van der Waals surface area contributed by atoms with Gasteiger partial charge in [-0.2, -0.15) is 0 Å². The van der Waals surface area contributed by atoms with E-state index in [0.717, 1.165) is 26.1 Å². The first-order valence-electron chi connectivity index (χ1n) is 5.84. The molecule has 2 N–H and O–H groups in total. The summed E-state index contributed by atoms with van der Waals surface area (Å²) in [6, 6.07) is 6.59. The molecule has 3 heteroatoms. The summed E-state index contributed by atoms with van der Waals surface area (Å²) in [5.74, 6) is 0.677. The van der Waals surface area contributed by atoms with Crippen molar-refractivity contribution >= 4 is 5.96 Å². The van der Waals surface area contributed by atoms with Crippen LogP contribution >= 0.6 is 0 Å². The highest BCUT2D eigenvalue weighted by molar-refractivity contribution is 5.78. The fourth-order valence-corrected chi connectivity index (χ4v) is 2.01. The Kier molecular flexibility index (Phi) is 3.13. The molecule has 1 aromatic rings. The fraction of sp³-hybridized carbons (Fsp3) is 0.462. The van der Waals surface area contributed by atoms with Crippen LogP contribution in [0.2, 0.25) is 0 Å². The Morgan fingerprint density at radius 1 is 1.38 bits per heavy atom. The number of hydrogen-bond donors (Lipinski definition) is 1. The summed E-state index contributed by atoms with van der Waals surface area (Å²) in [6.45, 7) is 6.85. The first-order valence-corrected chi connectivity index (χ1v) is 5.84. The second kappa shape index (κ2) is 4.56. The second-order valence-electron chi connectivity index (χ2n) is 4.37. The number of aryl methyl sites for hydroxylation is 1. The average Bonchev–Trinajstić information content (AvgIpc) is 2.68. The molecule has 0 atom stereocenters. The lowest BCUT2D eigenvalue weighted by Gasteiger charge is -2.15. The van der Waals surface area contributed by atoms with Crippen molar-refractivity contribution in [2.75, 3.05) is 6.54 Å². The van der Waals surface area contributed by atoms with Crippen molar-refractivity contribution in [3.05, 3.63) is 34.9 Å². The number of fused-ring (bicyclic) bond motifs is 1. The van der Waals surface area contributed by atoms with E-state index in [2.05, 4.69) is 41.9 Å². The zero-order chi connectivity index (χ0) is 11.5. The van der Waals surface area contributed by atoms with Crippen LogP contribution in [0.15, 0.2) is 23.2 Å². The van der Waals surface area contributed by atoms with Crippen molar-refractivity contribution in [2.45, 2.75) is 33.4 Å². The van der Waals surface area contributed by atoms with Gasteiger partial charge < -0.3 is 10.6 Å². The summed E-state index contributed by atoms with van der Waals surface area (Å²) in [4.78, 5) is 6.49. The standard InChI is InChI=1S/C13H19N3/c1-3-6-15-13(14)16-8-11-5-4-10(2)7-12(11)9-16/h4-5,7H,3,6,8-9H2,1-2H3,(H2,14,15). The molecule has 86 valence electrons. The minimum absolute atomic E-state index is 0.677. The highest BCUT2D eigenvalue weighted by Crippen LogP contribution is 2.23. The Balaban J connectivity index is 2.10. The predicted octanol–water partition coefficient (Wildman–Crippen LogP) is 2.04. The zero-order valence-corrected chi connectivity index (χ0v) is 10.0. The molecule has 0 radical (unpaired) electrons. The molecule has 16 heavy (non-hydrogen) atoms. The summed E-state index contributed by atoms with van der Waals surface area (Å²) in [6.07, 6.45) is 1.04. The summed E-state index contributed by atoms with van der Waals surface area (Å²) in [7, 11) is 0. The van der Waals surface area contributed by atoms with E-state index >= 15 is 0 Å². The molecule has 0 aromatic heterocycles. The monoisotopic (exact) mass is 217 g/mol. The van der Waals surface area contributed by atoms with Crippen LogP contribution in [0.3, 0.4) is 0 Å². The van der Waals surface area contributed by atoms with Gasteiger partial charge in [-0.1, -0.05) is 30.7 Å². The van der Waals surface area contributed by atoms with Crippen LogP contribution < -0.4 is 5.73 Å². The first-order chi connectivity index (χ1) is 7.70. The van der Waals surface area contributed by atoms with E-state index in [9.17, 15) is 0 Å². The lowest BCUT2D eigenvalue weighted by molar-refractivity contribution is 0.440. The number of hydrogen-bond acceptors (Lipinski definition) is 1. The third-order valence-electron chi connectivity index (χ3n) is 2.91. The molecule has 0 saturated carbocycles. The Morgan fingerprint density at radius 3 is 2.88 bits per heavy atom. The van der Waals surface area contributed by atoms with E-state index < -0.39 is 0 Å². The van der Waals surface area contributed by atoms with Gasteiger partial charge in [0.15, 0.2) is 5.96 Å². The molecule has 0 unspecified atom stereocenters. The number of nitrogens with two attached hydrogens (primary N) is 1. The zero-order valence-electron chi connectivity index (χ0n) is 10.0. The number of aliphatic imine (C=N–C) groups is 1. The minimum atomic E-state index is 0.677. The largest absolute Gasteiger partial charge is 0.370 e. The van der Waals surface area contributed by atoms with Gasteiger partial charge in [0.05, 0.1) is 0 Å². The molecular weight excluding hydrogens is 198 g/mol. The Hall–Kier alpha value is -1.51. The van der Waals surface area contributed by atoms with Crippen molar-refractivity contribution in [3.8, 4) is 0 Å². The van der Waals surface area contributed by atoms with Gasteiger partial charge >= 0.3 is 0 Å². The third kappa shape index (κ3) is 2.18. The molecule has 0 fully saturated rings. The van der Waals surface area contributed by atoms with E-state index in [-0.39, 0.29) is 0 Å².